The van der Waals surface area contributed by atoms with Crippen molar-refractivity contribution >= 4 is 0 Å². The highest BCUT2D eigenvalue weighted by atomic mass is 16.5. The Labute approximate surface area is 87.8 Å². The number of ether oxygens (including phenoxy) is 1. The molecule has 3 unspecified atom stereocenters. The maximum absolute atomic E-state index is 5.18. The third-order valence-electron chi connectivity index (χ3n) is 3.23. The molecule has 1 aliphatic rings. The van der Waals surface area contributed by atoms with E-state index in [-0.39, 0.29) is 0 Å². The van der Waals surface area contributed by atoms with Gasteiger partial charge in [-0.15, -0.1) is 0 Å². The molecule has 84 valence electrons. The fourth-order valence-electron chi connectivity index (χ4n) is 2.16. The summed E-state index contributed by atoms with van der Waals surface area (Å²) in [7, 11) is 3.97. The first-order chi connectivity index (χ1) is 6.65. The van der Waals surface area contributed by atoms with Crippen LogP contribution in [0.5, 0.6) is 0 Å². The van der Waals surface area contributed by atoms with Crippen LogP contribution in [0.15, 0.2) is 0 Å². The van der Waals surface area contributed by atoms with Crippen molar-refractivity contribution in [2.24, 2.45) is 5.92 Å². The maximum Gasteiger partial charge on any atom is 0.0615 e. The zero-order valence-corrected chi connectivity index (χ0v) is 9.92. The molecule has 0 aromatic heterocycles. The van der Waals surface area contributed by atoms with Crippen LogP contribution in [-0.4, -0.2) is 50.8 Å². The maximum atomic E-state index is 5.18. The lowest BCUT2D eigenvalue weighted by atomic mass is 9.96. The lowest BCUT2D eigenvalue weighted by Crippen LogP contribution is -2.50. The highest BCUT2D eigenvalue weighted by Gasteiger charge is 2.24. The second-order valence-corrected chi connectivity index (χ2v) is 4.62. The Morgan fingerprint density at radius 3 is 2.79 bits per heavy atom. The Kier molecular flexibility index (Phi) is 4.85. The summed E-state index contributed by atoms with van der Waals surface area (Å²) >= 11 is 0. The molecule has 1 aliphatic heterocycles. The summed E-state index contributed by atoms with van der Waals surface area (Å²) < 4.78 is 5.18. The van der Waals surface area contributed by atoms with E-state index in [2.05, 4.69) is 31.1 Å². The molecule has 0 saturated carbocycles. The number of hydrogen-bond acceptors (Lipinski definition) is 3. The molecule has 1 heterocycles. The molecule has 0 aromatic rings. The third-order valence-corrected chi connectivity index (χ3v) is 3.23. The van der Waals surface area contributed by atoms with Crippen LogP contribution in [0.1, 0.15) is 20.3 Å². The average Bonchev–Trinajstić information content (AvgIpc) is 2.17. The highest BCUT2D eigenvalue weighted by molar-refractivity contribution is 4.82. The van der Waals surface area contributed by atoms with Crippen LogP contribution in [0.3, 0.4) is 0 Å². The summed E-state index contributed by atoms with van der Waals surface area (Å²) in [5, 5.41) is 3.48. The van der Waals surface area contributed by atoms with Gasteiger partial charge in [0.15, 0.2) is 0 Å². The molecule has 3 nitrogen and oxygen atoms in total. The van der Waals surface area contributed by atoms with Crippen LogP contribution < -0.4 is 5.32 Å². The largest absolute Gasteiger partial charge is 0.383 e. The molecular weight excluding hydrogens is 176 g/mol. The van der Waals surface area contributed by atoms with E-state index in [1.807, 2.05) is 0 Å². The molecule has 0 bridgehead atoms. The average molecular weight is 200 g/mol. The zero-order valence-electron chi connectivity index (χ0n) is 9.92. The van der Waals surface area contributed by atoms with E-state index in [0.29, 0.717) is 12.1 Å². The minimum Gasteiger partial charge on any atom is -0.383 e. The fourth-order valence-corrected chi connectivity index (χ4v) is 2.16. The van der Waals surface area contributed by atoms with Gasteiger partial charge < -0.3 is 10.1 Å². The molecule has 14 heavy (non-hydrogen) atoms. The standard InChI is InChI=1S/C11H24N2O/c1-9-5-11(7-12-6-9)13(3)10(2)8-14-4/h9-12H,5-8H2,1-4H3. The number of methoxy groups -OCH3 is 1. The number of hydrogen-bond donors (Lipinski definition) is 1. The quantitative estimate of drug-likeness (QED) is 0.731. The summed E-state index contributed by atoms with van der Waals surface area (Å²) in [6.45, 7) is 7.65. The van der Waals surface area contributed by atoms with E-state index in [1.165, 1.54) is 13.0 Å². The van der Waals surface area contributed by atoms with Crippen LogP contribution >= 0.6 is 0 Å². The second-order valence-electron chi connectivity index (χ2n) is 4.62. The van der Waals surface area contributed by atoms with Gasteiger partial charge in [0.2, 0.25) is 0 Å². The van der Waals surface area contributed by atoms with Gasteiger partial charge in [-0.25, -0.2) is 0 Å². The van der Waals surface area contributed by atoms with Crippen molar-refractivity contribution in [1.82, 2.24) is 10.2 Å². The third kappa shape index (κ3) is 3.23. The van der Waals surface area contributed by atoms with E-state index < -0.39 is 0 Å². The van der Waals surface area contributed by atoms with Gasteiger partial charge in [0.25, 0.3) is 0 Å². The Morgan fingerprint density at radius 1 is 1.50 bits per heavy atom. The van der Waals surface area contributed by atoms with Gasteiger partial charge in [0.05, 0.1) is 6.61 Å². The van der Waals surface area contributed by atoms with Gasteiger partial charge >= 0.3 is 0 Å². The van der Waals surface area contributed by atoms with Gasteiger partial charge in [0, 0.05) is 25.7 Å². The van der Waals surface area contributed by atoms with Gasteiger partial charge in [-0.1, -0.05) is 6.92 Å². The SMILES string of the molecule is COCC(C)N(C)C1CNCC(C)C1. The number of piperidine rings is 1. The van der Waals surface area contributed by atoms with Crippen LogP contribution in [0.4, 0.5) is 0 Å². The minimum absolute atomic E-state index is 0.511. The van der Waals surface area contributed by atoms with Gasteiger partial charge in [-0.2, -0.15) is 0 Å². The van der Waals surface area contributed by atoms with Crippen LogP contribution in [0.2, 0.25) is 0 Å². The van der Waals surface area contributed by atoms with Crippen molar-refractivity contribution in [2.75, 3.05) is 33.9 Å². The first kappa shape index (κ1) is 12.0. The topological polar surface area (TPSA) is 24.5 Å². The van der Waals surface area contributed by atoms with E-state index in [1.54, 1.807) is 7.11 Å². The summed E-state index contributed by atoms with van der Waals surface area (Å²) in [4.78, 5) is 2.44. The minimum atomic E-state index is 0.511. The van der Waals surface area contributed by atoms with Gasteiger partial charge in [-0.3, -0.25) is 4.90 Å². The van der Waals surface area contributed by atoms with Crippen LogP contribution in [-0.2, 0) is 4.74 Å². The number of likely N-dealkylation sites (N-methyl/N-ethyl adjacent to an activating group) is 1. The van der Waals surface area contributed by atoms with Crippen molar-refractivity contribution in [3.8, 4) is 0 Å². The molecule has 1 N–H and O–H groups in total. The van der Waals surface area contributed by atoms with E-state index in [4.69, 9.17) is 4.74 Å². The van der Waals surface area contributed by atoms with Gasteiger partial charge in [-0.05, 0) is 32.9 Å². The first-order valence-corrected chi connectivity index (χ1v) is 5.56. The van der Waals surface area contributed by atoms with E-state index >= 15 is 0 Å². The zero-order chi connectivity index (χ0) is 10.6. The molecule has 0 amide bonds. The molecule has 0 aromatic carbocycles. The number of rotatable bonds is 4. The van der Waals surface area contributed by atoms with Crippen molar-refractivity contribution in [3.63, 3.8) is 0 Å². The molecule has 3 atom stereocenters. The lowest BCUT2D eigenvalue weighted by Gasteiger charge is -2.37. The molecule has 0 radical (unpaired) electrons. The van der Waals surface area contributed by atoms with Crippen LogP contribution in [0.25, 0.3) is 0 Å². The van der Waals surface area contributed by atoms with Crippen molar-refractivity contribution < 1.29 is 4.74 Å². The number of nitrogens with one attached hydrogen (secondary N) is 1. The van der Waals surface area contributed by atoms with Gasteiger partial charge in [0.1, 0.15) is 0 Å². The fraction of sp³-hybridized carbons (Fsp3) is 1.00. The molecule has 0 spiro atoms. The number of nitrogens with zero attached hydrogens (tertiary/aromatic N) is 1. The van der Waals surface area contributed by atoms with Crippen molar-refractivity contribution in [3.05, 3.63) is 0 Å². The summed E-state index contributed by atoms with van der Waals surface area (Å²) in [5.41, 5.74) is 0. The van der Waals surface area contributed by atoms with E-state index in [9.17, 15) is 0 Å². The Bertz CT molecular complexity index is 163. The van der Waals surface area contributed by atoms with E-state index in [0.717, 1.165) is 19.1 Å². The Hall–Kier alpha value is -0.120. The predicted molar refractivity (Wildman–Crippen MR) is 59.5 cm³/mol. The molecule has 1 fully saturated rings. The lowest BCUT2D eigenvalue weighted by molar-refractivity contribution is 0.0727. The monoisotopic (exact) mass is 200 g/mol. The smallest absolute Gasteiger partial charge is 0.0615 e. The summed E-state index contributed by atoms with van der Waals surface area (Å²) in [5.74, 6) is 0.797. The molecule has 3 heteroatoms. The molecule has 1 rings (SSSR count). The van der Waals surface area contributed by atoms with Crippen molar-refractivity contribution in [1.29, 1.82) is 0 Å². The Balaban J connectivity index is 2.38. The first-order valence-electron chi connectivity index (χ1n) is 5.56. The highest BCUT2D eigenvalue weighted by Crippen LogP contribution is 2.15. The second kappa shape index (κ2) is 5.69. The van der Waals surface area contributed by atoms with Crippen LogP contribution in [0, 0.1) is 5.92 Å². The summed E-state index contributed by atoms with van der Waals surface area (Å²) in [6, 6.07) is 1.18. The summed E-state index contributed by atoms with van der Waals surface area (Å²) in [6.07, 6.45) is 1.30. The molecule has 0 aliphatic carbocycles. The van der Waals surface area contributed by atoms with Crippen molar-refractivity contribution in [2.45, 2.75) is 32.4 Å². The predicted octanol–water partition coefficient (Wildman–Crippen LogP) is 0.951. The molecule has 1 saturated heterocycles. The molecular formula is C11H24N2O. The normalized spacial score (nSPS) is 30.6. The Morgan fingerprint density at radius 2 is 2.21 bits per heavy atom.